The molecule has 0 radical (unpaired) electrons. The Morgan fingerprint density at radius 1 is 0.474 bits per heavy atom. The highest BCUT2D eigenvalue weighted by atomic mass is 19.2. The van der Waals surface area contributed by atoms with Crippen LogP contribution in [0.15, 0.2) is 60.7 Å². The van der Waals surface area contributed by atoms with Gasteiger partial charge in [-0.25, -0.2) is 30.7 Å². The number of fused-ring (bicyclic) bond motifs is 1. The molecule has 0 aromatic heterocycles. The van der Waals surface area contributed by atoms with E-state index in [0.29, 0.717) is 0 Å². The number of quaternary nitrogens is 2. The summed E-state index contributed by atoms with van der Waals surface area (Å²) in [6.07, 6.45) is 0. The quantitative estimate of drug-likeness (QED) is 0.178. The minimum Gasteiger partial charge on any atom is -0.889 e. The molecule has 0 fully saturated rings. The third kappa shape index (κ3) is 6.90. The summed E-state index contributed by atoms with van der Waals surface area (Å²) in [5.41, 5.74) is 0.689. The molecule has 12 heteroatoms. The molecule has 0 bridgehead atoms. The summed E-state index contributed by atoms with van der Waals surface area (Å²) in [4.78, 5) is 2.74. The number of halogens is 7. The summed E-state index contributed by atoms with van der Waals surface area (Å²) >= 11 is 0. The van der Waals surface area contributed by atoms with Gasteiger partial charge >= 0.3 is 0 Å². The van der Waals surface area contributed by atoms with Crippen molar-refractivity contribution in [3.8, 4) is 0 Å². The monoisotopic (exact) mass is 540 g/mol. The van der Waals surface area contributed by atoms with E-state index in [1.54, 1.807) is 0 Å². The summed E-state index contributed by atoms with van der Waals surface area (Å²) in [5, 5.41) is 17.4. The van der Waals surface area contributed by atoms with Gasteiger partial charge in [-0.3, -0.25) is 0 Å². The number of rotatable bonds is 3. The molecule has 4 aromatic rings. The van der Waals surface area contributed by atoms with Crippen molar-refractivity contribution in [2.24, 2.45) is 0 Å². The van der Waals surface area contributed by atoms with E-state index in [9.17, 15) is 40.8 Å². The van der Waals surface area contributed by atoms with Crippen LogP contribution in [0.3, 0.4) is 0 Å². The normalized spacial score (nSPS) is 10.7. The fourth-order valence-corrected chi connectivity index (χ4v) is 3.25. The molecule has 0 amide bonds. The molecule has 0 spiro atoms. The Morgan fingerprint density at radius 3 is 1.08 bits per heavy atom. The van der Waals surface area contributed by atoms with Crippen molar-refractivity contribution < 1.29 is 50.6 Å². The average Bonchev–Trinajstić information content (AvgIpc) is 2.89. The molecule has 2 N–H and O–H groups in total. The first kappa shape index (κ1) is 30.8. The minimum absolute atomic E-state index is 1.33. The van der Waals surface area contributed by atoms with E-state index < -0.39 is 64.1 Å². The Bertz CT molecular complexity index is 1330. The second-order valence-electron chi connectivity index (χ2n) is 8.43. The maximum atomic E-state index is 13.6. The molecule has 202 valence electrons. The highest BCUT2D eigenvalue weighted by Crippen LogP contribution is 2.31. The van der Waals surface area contributed by atoms with Crippen LogP contribution in [0.4, 0.5) is 42.1 Å². The lowest BCUT2D eigenvalue weighted by Gasteiger charge is -2.28. The lowest BCUT2D eigenvalue weighted by atomic mass is 9.78. The van der Waals surface area contributed by atoms with Crippen molar-refractivity contribution in [2.75, 3.05) is 28.2 Å². The molecule has 0 saturated heterocycles. The molecular weight excluding hydrogens is 516 g/mol. The van der Waals surface area contributed by atoms with Gasteiger partial charge in [-0.05, 0) is 24.3 Å². The van der Waals surface area contributed by atoms with Gasteiger partial charge in [0, 0.05) is 0 Å². The second kappa shape index (κ2) is 13.4. The Balaban J connectivity index is 0.000000232. The lowest BCUT2D eigenvalue weighted by Crippen LogP contribution is -3.00. The maximum absolute atomic E-state index is 13.6. The molecule has 38 heavy (non-hydrogen) atoms. The fraction of sp³-hybridized carbons (Fsp3) is 0.154. The van der Waals surface area contributed by atoms with Crippen LogP contribution in [0.25, 0.3) is 10.8 Å². The smallest absolute Gasteiger partial charge is 0.198 e. The van der Waals surface area contributed by atoms with Gasteiger partial charge in [-0.1, -0.05) is 49.0 Å². The lowest BCUT2D eigenvalue weighted by molar-refractivity contribution is -0.786. The van der Waals surface area contributed by atoms with Crippen LogP contribution in [-0.4, -0.2) is 35.3 Å². The molecule has 0 aliphatic heterocycles. The predicted octanol–water partition coefficient (Wildman–Crippen LogP) is 1.15. The van der Waals surface area contributed by atoms with E-state index in [0.717, 1.165) is 0 Å². The van der Waals surface area contributed by atoms with E-state index in [4.69, 9.17) is 0 Å². The van der Waals surface area contributed by atoms with Gasteiger partial charge in [0.25, 0.3) is 0 Å². The van der Waals surface area contributed by atoms with Crippen LogP contribution in [0.2, 0.25) is 0 Å². The largest absolute Gasteiger partial charge is 0.889 e. The zero-order valence-corrected chi connectivity index (χ0v) is 20.8. The van der Waals surface area contributed by atoms with E-state index in [2.05, 4.69) is 76.7 Å². The molecule has 0 aliphatic carbocycles. The first-order chi connectivity index (χ1) is 17.8. The molecule has 4 nitrogen and oxygen atoms in total. The van der Waals surface area contributed by atoms with Crippen LogP contribution < -0.4 is 25.3 Å². The fourth-order valence-electron chi connectivity index (χ4n) is 3.25. The van der Waals surface area contributed by atoms with E-state index in [1.165, 1.54) is 21.2 Å². The molecule has 4 rings (SSSR count). The van der Waals surface area contributed by atoms with Crippen LogP contribution >= 0.6 is 0 Å². The van der Waals surface area contributed by atoms with Gasteiger partial charge < -0.3 is 19.8 Å². The predicted molar refractivity (Wildman–Crippen MR) is 127 cm³/mol. The summed E-state index contributed by atoms with van der Waals surface area (Å²) in [6.45, 7) is 0. The summed E-state index contributed by atoms with van der Waals surface area (Å²) in [6, 6.07) is 20.8. The average molecular weight is 540 g/mol. The van der Waals surface area contributed by atoms with Gasteiger partial charge in [0.05, 0.1) is 39.0 Å². The van der Waals surface area contributed by atoms with Crippen LogP contribution in [0.5, 0.6) is 0 Å². The minimum atomic E-state index is -3.41. The number of hydrogen-bond donors (Lipinski definition) is 2. The van der Waals surface area contributed by atoms with Crippen LogP contribution in [0.1, 0.15) is 0 Å². The topological polar surface area (TPSA) is 55.0 Å². The van der Waals surface area contributed by atoms with Gasteiger partial charge in [0.2, 0.25) is 0 Å². The maximum Gasteiger partial charge on any atom is 0.198 e. The van der Waals surface area contributed by atoms with Gasteiger partial charge in [0.15, 0.2) is 34.9 Å². The van der Waals surface area contributed by atoms with E-state index in [1.807, 2.05) is 12.1 Å². The zero-order valence-electron chi connectivity index (χ0n) is 20.8. The summed E-state index contributed by atoms with van der Waals surface area (Å²) in [5.74, 6) is -16.7. The van der Waals surface area contributed by atoms with Gasteiger partial charge in [-0.2, -0.15) is 0 Å². The van der Waals surface area contributed by atoms with Crippen molar-refractivity contribution in [2.45, 2.75) is 0 Å². The van der Waals surface area contributed by atoms with Crippen molar-refractivity contribution in [1.29, 1.82) is 0 Å². The Morgan fingerprint density at radius 2 is 0.789 bits per heavy atom. The SMILES string of the molecule is C[NH+](C)c1ccccc1.C[NH+](C)c1ccccc1.[O-]B([O-])c1c(F)c(F)c2c(F)c(F)c(F)c(F)c2c1F. The molecule has 0 saturated carbocycles. The van der Waals surface area contributed by atoms with Gasteiger partial charge in [0.1, 0.15) is 17.2 Å². The first-order valence-electron chi connectivity index (χ1n) is 11.2. The van der Waals surface area contributed by atoms with Crippen LogP contribution in [-0.2, 0) is 0 Å². The third-order valence-electron chi connectivity index (χ3n) is 5.31. The molecule has 4 aromatic carbocycles. The highest BCUT2D eigenvalue weighted by Gasteiger charge is 2.29. The Hall–Kier alpha value is -3.45. The summed E-state index contributed by atoms with van der Waals surface area (Å²) < 4.78 is 92.8. The second-order valence-corrected chi connectivity index (χ2v) is 8.43. The van der Waals surface area contributed by atoms with Crippen molar-refractivity contribution >= 4 is 34.7 Å². The third-order valence-corrected chi connectivity index (χ3v) is 5.31. The highest BCUT2D eigenvalue weighted by molar-refractivity contribution is 6.56. The number of hydrogen-bond acceptors (Lipinski definition) is 2. The Labute approximate surface area is 215 Å². The molecule has 0 aliphatic rings. The molecule has 0 unspecified atom stereocenters. The summed E-state index contributed by atoms with van der Waals surface area (Å²) in [7, 11) is 5.07. The van der Waals surface area contributed by atoms with Crippen LogP contribution in [0, 0.1) is 40.7 Å². The van der Waals surface area contributed by atoms with Crippen molar-refractivity contribution in [1.82, 2.24) is 0 Å². The number of para-hydroxylation sites is 2. The van der Waals surface area contributed by atoms with Crippen molar-refractivity contribution in [3.63, 3.8) is 0 Å². The first-order valence-corrected chi connectivity index (χ1v) is 11.2. The van der Waals surface area contributed by atoms with Crippen molar-refractivity contribution in [3.05, 3.63) is 101 Å². The molecule has 0 atom stereocenters. The van der Waals surface area contributed by atoms with E-state index >= 15 is 0 Å². The standard InChI is InChI=1S/C10BF7O2.2C8H11N/c12-4-1-2(5(13)8(16)3(4)11(19)20)7(15)10(18)9(17)6(1)14;2*1-9(2)8-6-4-3-5-7-8/h;2*3-7H,1-2H3/q-2;;/p+2. The zero-order chi connectivity index (χ0) is 28.7. The van der Waals surface area contributed by atoms with Gasteiger partial charge in [-0.15, -0.1) is 0 Å². The molecule has 0 heterocycles. The number of nitrogens with one attached hydrogen (secondary N) is 2. The molecular formula is C26H24BF7N2O2. The Kier molecular flexibility index (Phi) is 10.8. The number of benzene rings is 4. The van der Waals surface area contributed by atoms with E-state index in [-0.39, 0.29) is 0 Å².